The van der Waals surface area contributed by atoms with Gasteiger partial charge in [0.25, 0.3) is 0 Å². The molecule has 1 aliphatic heterocycles. The van der Waals surface area contributed by atoms with E-state index in [1.807, 2.05) is 19.1 Å². The van der Waals surface area contributed by atoms with Crippen molar-refractivity contribution in [2.45, 2.75) is 24.8 Å². The first-order valence-electron chi connectivity index (χ1n) is 8.31. The van der Waals surface area contributed by atoms with Gasteiger partial charge in [0.2, 0.25) is 11.8 Å². The highest BCUT2D eigenvalue weighted by molar-refractivity contribution is 8.15. The van der Waals surface area contributed by atoms with Gasteiger partial charge in [0.15, 0.2) is 5.17 Å². The zero-order valence-corrected chi connectivity index (χ0v) is 15.5. The van der Waals surface area contributed by atoms with E-state index in [9.17, 15) is 22.8 Å². The van der Waals surface area contributed by atoms with Crippen LogP contribution in [0.3, 0.4) is 0 Å². The van der Waals surface area contributed by atoms with Gasteiger partial charge in [0, 0.05) is 12.1 Å². The first-order chi connectivity index (χ1) is 13.2. The zero-order chi connectivity index (χ0) is 20.3. The van der Waals surface area contributed by atoms with E-state index in [1.165, 1.54) is 18.2 Å². The number of halogens is 3. The number of carbonyl (C=O) groups excluding carboxylic acids is 2. The summed E-state index contributed by atoms with van der Waals surface area (Å²) in [6.07, 6.45) is -4.68. The van der Waals surface area contributed by atoms with Gasteiger partial charge in [-0.15, -0.1) is 0 Å². The predicted octanol–water partition coefficient (Wildman–Crippen LogP) is 4.26. The number of thioether (sulfide) groups is 1. The Bertz CT molecular complexity index is 927. The van der Waals surface area contributed by atoms with E-state index in [4.69, 9.17) is 0 Å². The molecule has 0 bridgehead atoms. The number of carbonyl (C=O) groups is 2. The molecular weight excluding hydrogens is 391 g/mol. The summed E-state index contributed by atoms with van der Waals surface area (Å²) < 4.78 is 39.2. The van der Waals surface area contributed by atoms with E-state index in [0.29, 0.717) is 5.69 Å². The smallest absolute Gasteiger partial charge is 0.326 e. The number of para-hydroxylation sites is 1. The second kappa shape index (κ2) is 8.05. The lowest BCUT2D eigenvalue weighted by molar-refractivity contribution is -0.137. The van der Waals surface area contributed by atoms with E-state index in [0.717, 1.165) is 23.4 Å². The molecule has 0 aliphatic carbocycles. The number of nitrogens with zero attached hydrogens (tertiary/aromatic N) is 1. The summed E-state index contributed by atoms with van der Waals surface area (Å²) >= 11 is 0.935. The van der Waals surface area contributed by atoms with E-state index < -0.39 is 22.9 Å². The third-order valence-electron chi connectivity index (χ3n) is 3.91. The summed E-state index contributed by atoms with van der Waals surface area (Å²) in [5.41, 5.74) is 0.469. The Morgan fingerprint density at radius 1 is 1.18 bits per heavy atom. The predicted molar refractivity (Wildman–Crippen MR) is 102 cm³/mol. The van der Waals surface area contributed by atoms with E-state index in [-0.39, 0.29) is 23.2 Å². The number of amidine groups is 1. The van der Waals surface area contributed by atoms with Gasteiger partial charge in [0.1, 0.15) is 5.25 Å². The van der Waals surface area contributed by atoms with Crippen molar-refractivity contribution in [2.75, 3.05) is 5.32 Å². The summed E-state index contributed by atoms with van der Waals surface area (Å²) in [6, 6.07) is 12.0. The van der Waals surface area contributed by atoms with E-state index >= 15 is 0 Å². The number of rotatable bonds is 4. The fourth-order valence-corrected chi connectivity index (χ4v) is 3.51. The second-order valence-corrected chi connectivity index (χ2v) is 7.34. The second-order valence-electron chi connectivity index (χ2n) is 6.15. The maximum absolute atomic E-state index is 13.1. The van der Waals surface area contributed by atoms with Gasteiger partial charge in [-0.2, -0.15) is 13.2 Å². The van der Waals surface area contributed by atoms with Crippen LogP contribution in [0, 0.1) is 6.92 Å². The molecule has 0 spiro atoms. The number of nitrogens with one attached hydrogen (secondary N) is 2. The summed E-state index contributed by atoms with van der Waals surface area (Å²) in [6.45, 7) is 1.92. The van der Waals surface area contributed by atoms with E-state index in [1.54, 1.807) is 12.1 Å². The number of aliphatic imine (C=N–C) groups is 1. The van der Waals surface area contributed by atoms with Crippen molar-refractivity contribution in [1.29, 1.82) is 0 Å². The van der Waals surface area contributed by atoms with Crippen molar-refractivity contribution in [2.24, 2.45) is 4.99 Å². The largest absolute Gasteiger partial charge is 0.418 e. The molecule has 2 aromatic carbocycles. The lowest BCUT2D eigenvalue weighted by atomic mass is 10.2. The van der Waals surface area contributed by atoms with Gasteiger partial charge in [-0.05, 0) is 31.2 Å². The number of alkyl halides is 3. The number of hydrogen-bond acceptors (Lipinski definition) is 4. The number of benzene rings is 2. The standard InChI is InChI=1S/C19H16F3N3O2S/c1-11-6-8-12(9-7-11)23-16(26)10-15-17(27)25-18(28-15)24-14-5-3-2-4-13(14)19(20,21)22/h2-9,15H,10H2,1H3,(H,23,26)(H,24,25,27)/t15-/m0/s1. The van der Waals surface area contributed by atoms with Crippen molar-refractivity contribution >= 4 is 40.1 Å². The molecule has 0 aromatic heterocycles. The summed E-state index contributed by atoms with van der Waals surface area (Å²) in [5, 5.41) is 4.40. The van der Waals surface area contributed by atoms with Crippen LogP contribution in [0.25, 0.3) is 0 Å². The summed E-state index contributed by atoms with van der Waals surface area (Å²) in [7, 11) is 0. The summed E-state index contributed by atoms with van der Waals surface area (Å²) in [5.74, 6) is -0.833. The molecule has 9 heteroatoms. The number of aryl methyl sites for hydroxylation is 1. The quantitative estimate of drug-likeness (QED) is 0.796. The minimum Gasteiger partial charge on any atom is -0.326 e. The molecule has 0 radical (unpaired) electrons. The lowest BCUT2D eigenvalue weighted by Gasteiger charge is -2.09. The first-order valence-corrected chi connectivity index (χ1v) is 9.19. The average molecular weight is 407 g/mol. The Hall–Kier alpha value is -2.81. The number of anilines is 1. The third-order valence-corrected chi connectivity index (χ3v) is 5.00. The molecular formula is C19H16F3N3O2S. The first kappa shape index (κ1) is 19.9. The fourth-order valence-electron chi connectivity index (χ4n) is 2.53. The number of hydrogen-bond donors (Lipinski definition) is 2. The number of amides is 2. The zero-order valence-electron chi connectivity index (χ0n) is 14.7. The maximum atomic E-state index is 13.1. The molecule has 1 fully saturated rings. The molecule has 2 N–H and O–H groups in total. The van der Waals surface area contributed by atoms with Gasteiger partial charge in [-0.3, -0.25) is 9.59 Å². The van der Waals surface area contributed by atoms with Crippen molar-refractivity contribution in [3.63, 3.8) is 0 Å². The van der Waals surface area contributed by atoms with Crippen LogP contribution < -0.4 is 10.6 Å². The van der Waals surface area contributed by atoms with Gasteiger partial charge in [0.05, 0.1) is 11.3 Å². The third kappa shape index (κ3) is 4.92. The molecule has 2 aromatic rings. The topological polar surface area (TPSA) is 70.6 Å². The molecule has 0 unspecified atom stereocenters. The highest BCUT2D eigenvalue weighted by Gasteiger charge is 2.35. The minimum absolute atomic E-state index is 0.0369. The molecule has 2 amide bonds. The van der Waals surface area contributed by atoms with Crippen molar-refractivity contribution in [3.8, 4) is 0 Å². The van der Waals surface area contributed by atoms with Crippen LogP contribution in [-0.4, -0.2) is 22.2 Å². The molecule has 1 atom stereocenters. The van der Waals surface area contributed by atoms with Crippen LogP contribution in [0.4, 0.5) is 24.5 Å². The van der Waals surface area contributed by atoms with Gasteiger partial charge in [-0.1, -0.05) is 41.6 Å². The van der Waals surface area contributed by atoms with Gasteiger partial charge < -0.3 is 10.6 Å². The molecule has 5 nitrogen and oxygen atoms in total. The van der Waals surface area contributed by atoms with Crippen LogP contribution in [0.2, 0.25) is 0 Å². The van der Waals surface area contributed by atoms with Crippen molar-refractivity contribution in [1.82, 2.24) is 5.32 Å². The highest BCUT2D eigenvalue weighted by Crippen LogP contribution is 2.37. The normalized spacial score (nSPS) is 18.2. The Morgan fingerprint density at radius 3 is 2.54 bits per heavy atom. The van der Waals surface area contributed by atoms with Gasteiger partial charge in [-0.25, -0.2) is 4.99 Å². The highest BCUT2D eigenvalue weighted by atomic mass is 32.2. The fraction of sp³-hybridized carbons (Fsp3) is 0.211. The lowest BCUT2D eigenvalue weighted by Crippen LogP contribution is -2.28. The Labute approximate surface area is 163 Å². The van der Waals surface area contributed by atoms with Crippen LogP contribution in [0.5, 0.6) is 0 Å². The van der Waals surface area contributed by atoms with Crippen LogP contribution >= 0.6 is 11.8 Å². The molecule has 3 rings (SSSR count). The molecule has 1 saturated heterocycles. The average Bonchev–Trinajstić information content (AvgIpc) is 2.95. The monoisotopic (exact) mass is 407 g/mol. The SMILES string of the molecule is Cc1ccc(NC(=O)C[C@@H]2SC(=Nc3ccccc3C(F)(F)F)NC2=O)cc1. The van der Waals surface area contributed by atoms with Crippen LogP contribution in [-0.2, 0) is 15.8 Å². The Kier molecular flexibility index (Phi) is 5.73. The maximum Gasteiger partial charge on any atom is 0.418 e. The molecule has 28 heavy (non-hydrogen) atoms. The molecule has 146 valence electrons. The van der Waals surface area contributed by atoms with E-state index in [2.05, 4.69) is 15.6 Å². The summed E-state index contributed by atoms with van der Waals surface area (Å²) in [4.78, 5) is 28.2. The van der Waals surface area contributed by atoms with Crippen LogP contribution in [0.15, 0.2) is 53.5 Å². The molecule has 0 saturated carbocycles. The Morgan fingerprint density at radius 2 is 1.86 bits per heavy atom. The Balaban J connectivity index is 1.68. The van der Waals surface area contributed by atoms with Crippen molar-refractivity contribution in [3.05, 3.63) is 59.7 Å². The van der Waals surface area contributed by atoms with Crippen molar-refractivity contribution < 1.29 is 22.8 Å². The minimum atomic E-state index is -4.55. The van der Waals surface area contributed by atoms with Crippen LogP contribution in [0.1, 0.15) is 17.5 Å². The van der Waals surface area contributed by atoms with Gasteiger partial charge >= 0.3 is 6.18 Å². The molecule has 1 aliphatic rings. The molecule has 1 heterocycles.